The fourth-order valence-corrected chi connectivity index (χ4v) is 3.02. The molecule has 0 radical (unpaired) electrons. The summed E-state index contributed by atoms with van der Waals surface area (Å²) in [6, 6.07) is 15.9. The molecule has 0 bridgehead atoms. The minimum absolute atomic E-state index is 0.0348. The molecule has 25 heavy (non-hydrogen) atoms. The van der Waals surface area contributed by atoms with E-state index in [9.17, 15) is 4.79 Å². The molecule has 3 aromatic rings. The normalized spacial score (nSPS) is 11.0. The number of ketones is 1. The smallest absolute Gasteiger partial charge is 0.165 e. The first-order chi connectivity index (χ1) is 12.2. The van der Waals surface area contributed by atoms with Crippen LogP contribution >= 0.6 is 11.6 Å². The Kier molecular flexibility index (Phi) is 5.79. The van der Waals surface area contributed by atoms with Gasteiger partial charge < -0.3 is 4.74 Å². The van der Waals surface area contributed by atoms with Crippen LogP contribution in [0.2, 0.25) is 5.02 Å². The van der Waals surface area contributed by atoms with E-state index in [1.54, 1.807) is 6.20 Å². The molecule has 4 heteroatoms. The van der Waals surface area contributed by atoms with Crippen molar-refractivity contribution in [1.82, 2.24) is 4.98 Å². The molecule has 0 aliphatic heterocycles. The van der Waals surface area contributed by atoms with Gasteiger partial charge in [0, 0.05) is 18.0 Å². The largest absolute Gasteiger partial charge is 0.372 e. The molecule has 0 aliphatic rings. The average molecular weight is 354 g/mol. The summed E-state index contributed by atoms with van der Waals surface area (Å²) >= 11 is 6.47. The highest BCUT2D eigenvalue weighted by Gasteiger charge is 2.13. The van der Waals surface area contributed by atoms with Gasteiger partial charge >= 0.3 is 0 Å². The van der Waals surface area contributed by atoms with E-state index in [1.165, 1.54) is 0 Å². The summed E-state index contributed by atoms with van der Waals surface area (Å²) < 4.78 is 5.78. The molecule has 0 amide bonds. The van der Waals surface area contributed by atoms with Gasteiger partial charge in [-0.05, 0) is 29.7 Å². The van der Waals surface area contributed by atoms with Gasteiger partial charge in [0.05, 0.1) is 29.3 Å². The lowest BCUT2D eigenvalue weighted by molar-refractivity contribution is 0.0981. The molecule has 0 fully saturated rings. The molecule has 0 atom stereocenters. The molecule has 0 N–H and O–H groups in total. The maximum atomic E-state index is 12.2. The molecule has 3 nitrogen and oxygen atoms in total. The summed E-state index contributed by atoms with van der Waals surface area (Å²) in [6.07, 6.45) is 2.85. The number of fused-ring (bicyclic) bond motifs is 1. The third kappa shape index (κ3) is 4.25. The van der Waals surface area contributed by atoms with E-state index in [1.807, 2.05) is 55.5 Å². The van der Waals surface area contributed by atoms with Crippen LogP contribution in [0.15, 0.2) is 54.7 Å². The zero-order valence-electron chi connectivity index (χ0n) is 14.2. The lowest BCUT2D eigenvalue weighted by Crippen LogP contribution is -2.01. The first-order valence-electron chi connectivity index (χ1n) is 8.41. The Morgan fingerprint density at radius 3 is 2.60 bits per heavy atom. The summed E-state index contributed by atoms with van der Waals surface area (Å²) in [6.45, 7) is 3.01. The van der Waals surface area contributed by atoms with E-state index in [0.717, 1.165) is 28.5 Å². The molecule has 0 spiro atoms. The quantitative estimate of drug-likeness (QED) is 0.520. The first-order valence-corrected chi connectivity index (χ1v) is 8.79. The van der Waals surface area contributed by atoms with Gasteiger partial charge in [0.15, 0.2) is 5.78 Å². The SMILES string of the molecule is CCCC(=O)c1cnc2ccc(COCc3ccccc3)cc2c1Cl. The van der Waals surface area contributed by atoms with Gasteiger partial charge in [-0.1, -0.05) is 54.9 Å². The topological polar surface area (TPSA) is 39.2 Å². The van der Waals surface area contributed by atoms with Crippen molar-refractivity contribution in [2.75, 3.05) is 0 Å². The molecular formula is C21H20ClNO2. The monoisotopic (exact) mass is 353 g/mol. The Balaban J connectivity index is 1.78. The van der Waals surface area contributed by atoms with Crippen molar-refractivity contribution < 1.29 is 9.53 Å². The van der Waals surface area contributed by atoms with Crippen LogP contribution in [0.4, 0.5) is 0 Å². The van der Waals surface area contributed by atoms with Gasteiger partial charge in [0.2, 0.25) is 0 Å². The van der Waals surface area contributed by atoms with Crippen LogP contribution in [0.5, 0.6) is 0 Å². The average Bonchev–Trinajstić information content (AvgIpc) is 2.63. The van der Waals surface area contributed by atoms with Crippen molar-refractivity contribution in [3.05, 3.63) is 76.4 Å². The maximum absolute atomic E-state index is 12.2. The zero-order chi connectivity index (χ0) is 17.6. The van der Waals surface area contributed by atoms with Crippen molar-refractivity contribution in [2.24, 2.45) is 0 Å². The summed E-state index contributed by atoms with van der Waals surface area (Å²) in [4.78, 5) is 16.5. The molecule has 3 rings (SSSR count). The van der Waals surface area contributed by atoms with Crippen LogP contribution in [0.1, 0.15) is 41.3 Å². The summed E-state index contributed by atoms with van der Waals surface area (Å²) in [5.74, 6) is 0.0348. The van der Waals surface area contributed by atoms with E-state index in [0.29, 0.717) is 30.2 Å². The van der Waals surface area contributed by atoms with E-state index >= 15 is 0 Å². The van der Waals surface area contributed by atoms with Gasteiger partial charge in [0.1, 0.15) is 0 Å². The first kappa shape index (κ1) is 17.6. The van der Waals surface area contributed by atoms with Crippen LogP contribution in [-0.4, -0.2) is 10.8 Å². The van der Waals surface area contributed by atoms with E-state index in [-0.39, 0.29) is 5.78 Å². The Bertz CT molecular complexity index is 878. The number of benzene rings is 2. The number of halogens is 1. The minimum atomic E-state index is 0.0348. The van der Waals surface area contributed by atoms with E-state index in [4.69, 9.17) is 16.3 Å². The lowest BCUT2D eigenvalue weighted by Gasteiger charge is -2.09. The summed E-state index contributed by atoms with van der Waals surface area (Å²) in [7, 11) is 0. The van der Waals surface area contributed by atoms with Gasteiger partial charge in [-0.3, -0.25) is 9.78 Å². The molecule has 128 valence electrons. The van der Waals surface area contributed by atoms with Gasteiger partial charge in [-0.25, -0.2) is 0 Å². The zero-order valence-corrected chi connectivity index (χ0v) is 14.9. The second kappa shape index (κ2) is 8.24. The minimum Gasteiger partial charge on any atom is -0.372 e. The standard InChI is InChI=1S/C21H20ClNO2/c1-2-6-20(24)18-12-23-19-10-9-16(11-17(19)21(18)22)14-25-13-15-7-4-3-5-8-15/h3-5,7-12H,2,6,13-14H2,1H3. The van der Waals surface area contributed by atoms with E-state index in [2.05, 4.69) is 4.98 Å². The highest BCUT2D eigenvalue weighted by atomic mass is 35.5. The number of aromatic nitrogens is 1. The van der Waals surface area contributed by atoms with Crippen LogP contribution in [-0.2, 0) is 18.0 Å². The highest BCUT2D eigenvalue weighted by Crippen LogP contribution is 2.28. The van der Waals surface area contributed by atoms with Gasteiger partial charge in [-0.2, -0.15) is 0 Å². The van der Waals surface area contributed by atoms with Crippen LogP contribution in [0, 0.1) is 0 Å². The van der Waals surface area contributed by atoms with Crippen molar-refractivity contribution in [3.8, 4) is 0 Å². The van der Waals surface area contributed by atoms with Crippen LogP contribution < -0.4 is 0 Å². The lowest BCUT2D eigenvalue weighted by atomic mass is 10.0. The predicted molar refractivity (Wildman–Crippen MR) is 101 cm³/mol. The molecule has 0 saturated heterocycles. The second-order valence-electron chi connectivity index (χ2n) is 5.99. The predicted octanol–water partition coefficient (Wildman–Crippen LogP) is 5.59. The highest BCUT2D eigenvalue weighted by molar-refractivity contribution is 6.38. The number of pyridine rings is 1. The van der Waals surface area contributed by atoms with Crippen LogP contribution in [0.3, 0.4) is 0 Å². The fraction of sp³-hybridized carbons (Fsp3) is 0.238. The number of ether oxygens (including phenoxy) is 1. The molecule has 2 aromatic carbocycles. The molecular weight excluding hydrogens is 334 g/mol. The Hall–Kier alpha value is -2.23. The van der Waals surface area contributed by atoms with Crippen LogP contribution in [0.25, 0.3) is 10.9 Å². The van der Waals surface area contributed by atoms with Crippen molar-refractivity contribution in [1.29, 1.82) is 0 Å². The Morgan fingerprint density at radius 2 is 1.84 bits per heavy atom. The second-order valence-corrected chi connectivity index (χ2v) is 6.37. The molecule has 0 saturated carbocycles. The van der Waals surface area contributed by atoms with Crippen molar-refractivity contribution in [3.63, 3.8) is 0 Å². The van der Waals surface area contributed by atoms with Gasteiger partial charge in [0.25, 0.3) is 0 Å². The summed E-state index contributed by atoms with van der Waals surface area (Å²) in [5.41, 5.74) is 3.42. The number of rotatable bonds is 7. The Morgan fingerprint density at radius 1 is 1.08 bits per heavy atom. The van der Waals surface area contributed by atoms with Gasteiger partial charge in [-0.15, -0.1) is 0 Å². The van der Waals surface area contributed by atoms with Crippen molar-refractivity contribution in [2.45, 2.75) is 33.0 Å². The maximum Gasteiger partial charge on any atom is 0.165 e. The number of hydrogen-bond acceptors (Lipinski definition) is 3. The molecule has 0 unspecified atom stereocenters. The number of Topliss-reactive ketones (excluding diaryl/α,β-unsaturated/α-hetero) is 1. The Labute approximate surface area is 152 Å². The molecule has 1 heterocycles. The van der Waals surface area contributed by atoms with E-state index < -0.39 is 0 Å². The van der Waals surface area contributed by atoms with Crippen molar-refractivity contribution >= 4 is 28.3 Å². The fourth-order valence-electron chi connectivity index (χ4n) is 2.71. The number of nitrogens with zero attached hydrogens (tertiary/aromatic N) is 1. The number of carbonyl (C=O) groups is 1. The molecule has 0 aliphatic carbocycles. The summed E-state index contributed by atoms with van der Waals surface area (Å²) in [5, 5.41) is 1.28. The molecule has 1 aromatic heterocycles. The number of carbonyl (C=O) groups excluding carboxylic acids is 1. The third-order valence-corrected chi connectivity index (χ3v) is 4.43. The number of hydrogen-bond donors (Lipinski definition) is 0. The third-order valence-electron chi connectivity index (χ3n) is 4.02.